The fourth-order valence-corrected chi connectivity index (χ4v) is 38.1. The Balaban J connectivity index is 1.29. The molecule has 0 fully saturated rings. The molecule has 0 N–H and O–H groups in total. The van der Waals surface area contributed by atoms with E-state index in [4.69, 9.17) is 0 Å². The van der Waals surface area contributed by atoms with Gasteiger partial charge in [-0.2, -0.15) is 0 Å². The molecule has 8 aromatic rings. The second-order valence-corrected chi connectivity index (χ2v) is 39.3. The Bertz CT molecular complexity index is 2900. The van der Waals surface area contributed by atoms with Crippen LogP contribution in [0.1, 0.15) is 51.8 Å². The number of hydrogen-bond acceptors (Lipinski definition) is 0. The molecular formula is C56H43Cl2SiZr. The molecule has 0 nitrogen and oxygen atoms in total. The predicted molar refractivity (Wildman–Crippen MR) is 258 cm³/mol. The van der Waals surface area contributed by atoms with E-state index in [1.165, 1.54) is 103 Å². The summed E-state index contributed by atoms with van der Waals surface area (Å²) in [5, 5.41) is 2.88. The van der Waals surface area contributed by atoms with E-state index in [1.807, 2.05) is 0 Å². The normalized spacial score (nSPS) is 17.2. The molecule has 0 amide bonds. The summed E-state index contributed by atoms with van der Waals surface area (Å²) >= 11 is -5.91. The second-order valence-electron chi connectivity index (χ2n) is 16.9. The van der Waals surface area contributed by atoms with E-state index in [9.17, 15) is 17.0 Å². The van der Waals surface area contributed by atoms with Gasteiger partial charge in [0.05, 0.1) is 0 Å². The molecule has 60 heavy (non-hydrogen) atoms. The summed E-state index contributed by atoms with van der Waals surface area (Å²) in [4.78, 5) is 0. The fraction of sp³-hybridized carbons (Fsp3) is 0.0714. The van der Waals surface area contributed by atoms with E-state index in [1.54, 1.807) is 0 Å². The number of fused-ring (bicyclic) bond motifs is 5. The Labute approximate surface area is 364 Å². The van der Waals surface area contributed by atoms with E-state index in [-0.39, 0.29) is 7.25 Å². The van der Waals surface area contributed by atoms with Gasteiger partial charge in [0.1, 0.15) is 0 Å². The van der Waals surface area contributed by atoms with Crippen LogP contribution in [0, 0.1) is 13.8 Å². The summed E-state index contributed by atoms with van der Waals surface area (Å²) < 4.78 is 0.705. The van der Waals surface area contributed by atoms with Crippen LogP contribution in [0.2, 0.25) is 0 Å². The molecule has 2 atom stereocenters. The molecule has 0 aromatic heterocycles. The van der Waals surface area contributed by atoms with Crippen LogP contribution in [0.15, 0.2) is 188 Å². The van der Waals surface area contributed by atoms with E-state index in [0.717, 1.165) is 0 Å². The van der Waals surface area contributed by atoms with E-state index in [2.05, 4.69) is 214 Å². The average Bonchev–Trinajstić information content (AvgIpc) is 4.00. The summed E-state index contributed by atoms with van der Waals surface area (Å²) in [5.74, 6) is 0. The third kappa shape index (κ3) is 5.72. The standard InChI is InChI=1S/2C22H17.C12H9Si.2ClH.Zr/c2*1-16-12-13-19-14-20(17-8-4-2-5-9-17)15-21(19)22(16)18-10-6-3-7-11-18;1-3-7-11-9(5-1)10-6-2-4-8-12(10)13-11;;;/h2*2-15H,1H3;1-7H,13H2;2*1H;/q;;;;;+2/p-2. The van der Waals surface area contributed by atoms with Gasteiger partial charge in [0.25, 0.3) is 0 Å². The van der Waals surface area contributed by atoms with Gasteiger partial charge < -0.3 is 0 Å². The molecule has 0 spiro atoms. The van der Waals surface area contributed by atoms with Crippen molar-refractivity contribution in [3.05, 3.63) is 233 Å². The number of aryl methyl sites for hydroxylation is 2. The molecule has 8 aromatic carbocycles. The minimum atomic E-state index is -5.91. The summed E-state index contributed by atoms with van der Waals surface area (Å²) in [7, 11) is 18.1. The zero-order valence-electron chi connectivity index (χ0n) is 33.7. The van der Waals surface area contributed by atoms with Crippen LogP contribution in [0.3, 0.4) is 0 Å². The van der Waals surface area contributed by atoms with Gasteiger partial charge in [-0.3, -0.25) is 0 Å². The Morgan fingerprint density at radius 3 is 1.32 bits per heavy atom. The van der Waals surface area contributed by atoms with E-state index < -0.39 is 25.9 Å². The molecule has 1 heterocycles. The maximum absolute atomic E-state index is 9.50. The quantitative estimate of drug-likeness (QED) is 0.140. The van der Waals surface area contributed by atoms with Gasteiger partial charge in [-0.15, -0.1) is 0 Å². The number of halogens is 2. The van der Waals surface area contributed by atoms with Crippen LogP contribution in [-0.4, -0.2) is 9.52 Å². The summed E-state index contributed by atoms with van der Waals surface area (Å²) in [6.45, 7) is 4.48. The van der Waals surface area contributed by atoms with E-state index in [0.29, 0.717) is 0 Å². The molecule has 11 rings (SSSR count). The molecule has 2 aliphatic carbocycles. The topological polar surface area (TPSA) is 0 Å². The van der Waals surface area contributed by atoms with Gasteiger partial charge in [0.15, 0.2) is 0 Å². The van der Waals surface area contributed by atoms with Gasteiger partial charge >= 0.3 is 367 Å². The third-order valence-corrected chi connectivity index (χ3v) is 36.1. The fourth-order valence-electron chi connectivity index (χ4n) is 11.1. The Morgan fingerprint density at radius 2 is 0.833 bits per heavy atom. The summed E-state index contributed by atoms with van der Waals surface area (Å²) in [5.41, 5.74) is 19.8. The molecule has 0 radical (unpaired) electrons. The van der Waals surface area contributed by atoms with Crippen molar-refractivity contribution in [1.82, 2.24) is 0 Å². The van der Waals surface area contributed by atoms with Crippen LogP contribution in [0.5, 0.6) is 0 Å². The van der Waals surface area contributed by atoms with Crippen LogP contribution < -0.4 is 13.6 Å². The van der Waals surface area contributed by atoms with Crippen molar-refractivity contribution in [1.29, 1.82) is 0 Å². The summed E-state index contributed by atoms with van der Waals surface area (Å²) in [6, 6.07) is 68.9. The first-order chi connectivity index (χ1) is 29.3. The number of allylic oxidation sites excluding steroid dienone is 2. The Kier molecular flexibility index (Phi) is 9.18. The van der Waals surface area contributed by atoms with Gasteiger partial charge in [-0.1, -0.05) is 0 Å². The number of rotatable bonds is 7. The molecule has 289 valence electrons. The number of benzene rings is 8. The van der Waals surface area contributed by atoms with Crippen molar-refractivity contribution in [2.45, 2.75) is 21.1 Å². The van der Waals surface area contributed by atoms with Crippen molar-refractivity contribution in [3.8, 4) is 33.4 Å². The molecule has 0 saturated carbocycles. The van der Waals surface area contributed by atoms with Crippen molar-refractivity contribution in [2.75, 3.05) is 0 Å². The first-order valence-electron chi connectivity index (χ1n) is 21.0. The zero-order chi connectivity index (χ0) is 40.6. The van der Waals surface area contributed by atoms with Crippen molar-refractivity contribution in [2.24, 2.45) is 0 Å². The average molecular weight is 906 g/mol. The van der Waals surface area contributed by atoms with Crippen molar-refractivity contribution < 1.29 is 16.4 Å². The Hall–Kier alpha value is -5.08. The van der Waals surface area contributed by atoms with Crippen LogP contribution >= 0.6 is 17.0 Å². The van der Waals surface area contributed by atoms with Crippen molar-refractivity contribution >= 4 is 63.5 Å². The molecule has 3 aliphatic rings. The monoisotopic (exact) mass is 903 g/mol. The van der Waals surface area contributed by atoms with Crippen LogP contribution in [0.25, 0.3) is 56.7 Å². The molecular weight excluding hydrogens is 863 g/mol. The van der Waals surface area contributed by atoms with Crippen molar-refractivity contribution in [3.63, 3.8) is 0 Å². The molecule has 1 aliphatic heterocycles. The van der Waals surface area contributed by atoms with Gasteiger partial charge in [0, 0.05) is 0 Å². The predicted octanol–water partition coefficient (Wildman–Crippen LogP) is 13.0. The maximum atomic E-state index is 9.50. The van der Waals surface area contributed by atoms with Gasteiger partial charge in [0.2, 0.25) is 0 Å². The minimum absolute atomic E-state index is 0.260. The molecule has 2 unspecified atom stereocenters. The third-order valence-electron chi connectivity index (χ3n) is 13.6. The zero-order valence-corrected chi connectivity index (χ0v) is 39.1. The Morgan fingerprint density at radius 1 is 0.417 bits per heavy atom. The first kappa shape index (κ1) is 37.9. The van der Waals surface area contributed by atoms with Gasteiger partial charge in [-0.05, 0) is 0 Å². The van der Waals surface area contributed by atoms with Crippen LogP contribution in [0.4, 0.5) is 0 Å². The van der Waals surface area contributed by atoms with Crippen LogP contribution in [-0.2, 0) is 16.4 Å². The molecule has 0 bridgehead atoms. The first-order valence-corrected chi connectivity index (χ1v) is 32.8. The molecule has 4 heteroatoms. The van der Waals surface area contributed by atoms with E-state index >= 15 is 0 Å². The van der Waals surface area contributed by atoms with Gasteiger partial charge in [-0.25, -0.2) is 0 Å². The SMILES string of the molecule is Cc1ccc2c(c1-c1ccccc1)C=C(c1ccccc1)[CH]2[Zr]([Cl])([Cl])([c]1cccc2c1[SiH2]c1ccccc1-2)[CH]1C(c2ccccc2)=Cc2c1ccc(C)c2-c1ccccc1. The second kappa shape index (κ2) is 14.5. The number of hydrogen-bond donors (Lipinski definition) is 0. The molecule has 0 saturated heterocycles. The summed E-state index contributed by atoms with van der Waals surface area (Å²) in [6.07, 6.45) is 4.93.